The number of aryl methyl sites for hydroxylation is 1. The zero-order valence-electron chi connectivity index (χ0n) is 21.6. The average Bonchev–Trinajstić information content (AvgIpc) is 3.41. The van der Waals surface area contributed by atoms with E-state index in [0.29, 0.717) is 59.0 Å². The molecule has 194 valence electrons. The van der Waals surface area contributed by atoms with E-state index in [-0.39, 0.29) is 23.5 Å². The van der Waals surface area contributed by atoms with Gasteiger partial charge in [0.1, 0.15) is 0 Å². The molecule has 0 saturated carbocycles. The first kappa shape index (κ1) is 25.9. The molecule has 36 heavy (non-hydrogen) atoms. The molecule has 0 radical (unpaired) electrons. The number of carbonyl (C=O) groups is 1. The Kier molecular flexibility index (Phi) is 7.54. The van der Waals surface area contributed by atoms with Gasteiger partial charge in [-0.15, -0.1) is 0 Å². The number of fused-ring (bicyclic) bond motifs is 1. The van der Waals surface area contributed by atoms with E-state index >= 15 is 0 Å². The first-order valence-electron chi connectivity index (χ1n) is 12.3. The monoisotopic (exact) mass is 514 g/mol. The van der Waals surface area contributed by atoms with Crippen LogP contribution in [-0.2, 0) is 9.84 Å². The molecule has 2 aromatic heterocycles. The van der Waals surface area contributed by atoms with Crippen molar-refractivity contribution in [1.82, 2.24) is 19.7 Å². The van der Waals surface area contributed by atoms with E-state index in [4.69, 9.17) is 19.6 Å². The molecule has 9 nitrogen and oxygen atoms in total. The van der Waals surface area contributed by atoms with Crippen LogP contribution in [0.3, 0.4) is 0 Å². The van der Waals surface area contributed by atoms with Crippen LogP contribution in [0.2, 0.25) is 0 Å². The second kappa shape index (κ2) is 10.5. The maximum Gasteiger partial charge on any atom is 0.254 e. The molecule has 1 atom stereocenters. The highest BCUT2D eigenvalue weighted by Crippen LogP contribution is 2.35. The lowest BCUT2D eigenvalue weighted by Crippen LogP contribution is -2.32. The van der Waals surface area contributed by atoms with Gasteiger partial charge in [-0.05, 0) is 51.0 Å². The Morgan fingerprint density at radius 1 is 1.17 bits per heavy atom. The molecular formula is C26H34N4O5S. The predicted octanol–water partition coefficient (Wildman–Crippen LogP) is 4.05. The van der Waals surface area contributed by atoms with E-state index in [1.54, 1.807) is 25.0 Å². The lowest BCUT2D eigenvalue weighted by molar-refractivity contribution is 0.0764. The Bertz CT molecular complexity index is 1380. The fraction of sp³-hybridized carbons (Fsp3) is 0.500. The van der Waals surface area contributed by atoms with Gasteiger partial charge in [0.2, 0.25) is 0 Å². The summed E-state index contributed by atoms with van der Waals surface area (Å²) >= 11 is 0. The zero-order valence-corrected chi connectivity index (χ0v) is 22.4. The van der Waals surface area contributed by atoms with Gasteiger partial charge in [-0.25, -0.2) is 18.1 Å². The predicted molar refractivity (Wildman–Crippen MR) is 140 cm³/mol. The summed E-state index contributed by atoms with van der Waals surface area (Å²) in [5.41, 5.74) is 3.05. The normalized spacial score (nSPS) is 16.9. The maximum absolute atomic E-state index is 13.8. The summed E-state index contributed by atoms with van der Waals surface area (Å²) in [6.45, 7) is 7.17. The van der Waals surface area contributed by atoms with Crippen molar-refractivity contribution in [3.05, 3.63) is 35.5 Å². The number of pyridine rings is 1. The quantitative estimate of drug-likeness (QED) is 0.424. The molecule has 0 bridgehead atoms. The standard InChI is InChI=1S/C26H34N4O5S/c1-6-8-12-29(7-2)26(31)20-15-21(18-9-10-22(34-4)23(14-18)35-5)27-25-24(20)17(3)28-30(25)19-11-13-36(32,33)16-19/h9-10,14-15,19H,6-8,11-13,16H2,1-5H3. The van der Waals surface area contributed by atoms with Gasteiger partial charge < -0.3 is 14.4 Å². The molecule has 1 aromatic carbocycles. The highest BCUT2D eigenvalue weighted by atomic mass is 32.2. The summed E-state index contributed by atoms with van der Waals surface area (Å²) in [5.74, 6) is 1.20. The summed E-state index contributed by atoms with van der Waals surface area (Å²) in [7, 11) is 0.0128. The summed E-state index contributed by atoms with van der Waals surface area (Å²) in [6.07, 6.45) is 2.37. The second-order valence-electron chi connectivity index (χ2n) is 9.15. The van der Waals surface area contributed by atoms with Crippen LogP contribution in [0.5, 0.6) is 11.5 Å². The third-order valence-corrected chi connectivity index (χ3v) is 8.50. The van der Waals surface area contributed by atoms with E-state index < -0.39 is 9.84 Å². The Morgan fingerprint density at radius 2 is 1.92 bits per heavy atom. The van der Waals surface area contributed by atoms with Crippen LogP contribution in [0.4, 0.5) is 0 Å². The number of nitrogens with zero attached hydrogens (tertiary/aromatic N) is 4. The van der Waals surface area contributed by atoms with Crippen molar-refractivity contribution in [3.8, 4) is 22.8 Å². The van der Waals surface area contributed by atoms with Gasteiger partial charge in [0.25, 0.3) is 5.91 Å². The van der Waals surface area contributed by atoms with Crippen molar-refractivity contribution in [3.63, 3.8) is 0 Å². The molecule has 1 fully saturated rings. The summed E-state index contributed by atoms with van der Waals surface area (Å²) in [6, 6.07) is 6.98. The molecule has 1 aliphatic rings. The third kappa shape index (κ3) is 4.91. The van der Waals surface area contributed by atoms with Crippen molar-refractivity contribution in [2.24, 2.45) is 0 Å². The molecular weight excluding hydrogens is 480 g/mol. The molecule has 1 aliphatic heterocycles. The molecule has 3 aromatic rings. The van der Waals surface area contributed by atoms with E-state index in [9.17, 15) is 13.2 Å². The Hall–Kier alpha value is -3.14. The van der Waals surface area contributed by atoms with E-state index in [2.05, 4.69) is 6.92 Å². The molecule has 1 amide bonds. The number of unbranched alkanes of at least 4 members (excludes halogenated alkanes) is 1. The van der Waals surface area contributed by atoms with Crippen LogP contribution in [0.15, 0.2) is 24.3 Å². The average molecular weight is 515 g/mol. The number of carbonyl (C=O) groups excluding carboxylic acids is 1. The van der Waals surface area contributed by atoms with Crippen LogP contribution in [-0.4, -0.2) is 72.8 Å². The van der Waals surface area contributed by atoms with Crippen LogP contribution in [0, 0.1) is 6.92 Å². The first-order valence-corrected chi connectivity index (χ1v) is 14.2. The SMILES string of the molecule is CCCCN(CC)C(=O)c1cc(-c2ccc(OC)c(OC)c2)nc2c1c(C)nn2C1CCS(=O)(=O)C1. The van der Waals surface area contributed by atoms with E-state index in [0.717, 1.165) is 18.4 Å². The van der Waals surface area contributed by atoms with Crippen molar-refractivity contribution in [2.45, 2.75) is 46.1 Å². The number of sulfone groups is 1. The molecule has 10 heteroatoms. The fourth-order valence-electron chi connectivity index (χ4n) is 4.77. The maximum atomic E-state index is 13.8. The number of aromatic nitrogens is 3. The number of amides is 1. The highest BCUT2D eigenvalue weighted by molar-refractivity contribution is 7.91. The summed E-state index contributed by atoms with van der Waals surface area (Å²) < 4.78 is 37.0. The minimum absolute atomic E-state index is 0.0202. The number of benzene rings is 1. The molecule has 0 N–H and O–H groups in total. The summed E-state index contributed by atoms with van der Waals surface area (Å²) in [4.78, 5) is 20.6. The van der Waals surface area contributed by atoms with Crippen LogP contribution < -0.4 is 9.47 Å². The molecule has 4 rings (SSSR count). The number of methoxy groups -OCH3 is 2. The second-order valence-corrected chi connectivity index (χ2v) is 11.4. The lowest BCUT2D eigenvalue weighted by atomic mass is 10.0. The fourth-order valence-corrected chi connectivity index (χ4v) is 6.46. The Balaban J connectivity index is 1.93. The minimum Gasteiger partial charge on any atom is -0.493 e. The largest absolute Gasteiger partial charge is 0.493 e. The van der Waals surface area contributed by atoms with Crippen molar-refractivity contribution < 1.29 is 22.7 Å². The summed E-state index contributed by atoms with van der Waals surface area (Å²) in [5, 5.41) is 5.37. The number of rotatable bonds is 9. The highest BCUT2D eigenvalue weighted by Gasteiger charge is 2.33. The van der Waals surface area contributed by atoms with Crippen molar-refractivity contribution in [1.29, 1.82) is 0 Å². The van der Waals surface area contributed by atoms with E-state index in [1.807, 2.05) is 36.9 Å². The molecule has 0 spiro atoms. The van der Waals surface area contributed by atoms with Gasteiger partial charge >= 0.3 is 0 Å². The zero-order chi connectivity index (χ0) is 26.0. The van der Waals surface area contributed by atoms with Gasteiger partial charge in [-0.3, -0.25) is 4.79 Å². The minimum atomic E-state index is -3.13. The van der Waals surface area contributed by atoms with E-state index in [1.165, 1.54) is 0 Å². The third-order valence-electron chi connectivity index (χ3n) is 6.75. The Morgan fingerprint density at radius 3 is 2.53 bits per heavy atom. The van der Waals surface area contributed by atoms with Crippen LogP contribution >= 0.6 is 0 Å². The van der Waals surface area contributed by atoms with Gasteiger partial charge in [-0.1, -0.05) is 13.3 Å². The number of hydrogen-bond donors (Lipinski definition) is 0. The Labute approximate surface area is 212 Å². The number of ether oxygens (including phenoxy) is 2. The molecule has 0 aliphatic carbocycles. The van der Waals surface area contributed by atoms with Gasteiger partial charge in [-0.2, -0.15) is 5.10 Å². The first-order chi connectivity index (χ1) is 17.2. The molecule has 1 saturated heterocycles. The molecule has 3 heterocycles. The van der Waals surface area contributed by atoms with Crippen molar-refractivity contribution >= 4 is 26.8 Å². The van der Waals surface area contributed by atoms with Crippen LogP contribution in [0.25, 0.3) is 22.3 Å². The van der Waals surface area contributed by atoms with Crippen molar-refractivity contribution in [2.75, 3.05) is 38.8 Å². The smallest absolute Gasteiger partial charge is 0.254 e. The van der Waals surface area contributed by atoms with Crippen LogP contribution in [0.1, 0.15) is 55.2 Å². The van der Waals surface area contributed by atoms with Gasteiger partial charge in [0.15, 0.2) is 27.0 Å². The van der Waals surface area contributed by atoms with Gasteiger partial charge in [0.05, 0.1) is 54.1 Å². The number of hydrogen-bond acceptors (Lipinski definition) is 7. The lowest BCUT2D eigenvalue weighted by Gasteiger charge is -2.22. The van der Waals surface area contributed by atoms with Gasteiger partial charge in [0, 0.05) is 18.7 Å². The molecule has 1 unspecified atom stereocenters. The topological polar surface area (TPSA) is 104 Å².